The van der Waals surface area contributed by atoms with Crippen molar-refractivity contribution in [1.82, 2.24) is 4.90 Å². The van der Waals surface area contributed by atoms with Gasteiger partial charge in [0, 0.05) is 17.0 Å². The first-order valence-corrected chi connectivity index (χ1v) is 7.66. The molecule has 1 heterocycles. The van der Waals surface area contributed by atoms with Crippen LogP contribution in [0.2, 0.25) is 0 Å². The topological polar surface area (TPSA) is 20.3 Å². The van der Waals surface area contributed by atoms with Crippen molar-refractivity contribution < 1.29 is 4.79 Å². The molecule has 2 atom stereocenters. The highest BCUT2D eigenvalue weighted by atomic mass is 16.2. The number of likely N-dealkylation sites (tertiary alicyclic amines) is 1. The number of amides is 1. The lowest BCUT2D eigenvalue weighted by molar-refractivity contribution is -0.139. The third-order valence-electron chi connectivity index (χ3n) is 4.81. The van der Waals surface area contributed by atoms with Crippen molar-refractivity contribution in [2.45, 2.75) is 46.1 Å². The van der Waals surface area contributed by atoms with Crippen LogP contribution in [0.15, 0.2) is 42.1 Å². The number of allylic oxidation sites excluding steroid dienone is 2. The molecule has 1 saturated heterocycles. The van der Waals surface area contributed by atoms with Crippen LogP contribution in [0.4, 0.5) is 0 Å². The molecule has 0 radical (unpaired) electrons. The van der Waals surface area contributed by atoms with E-state index in [0.717, 1.165) is 12.8 Å². The molecule has 0 aromatic heterocycles. The SMILES string of the molecule is C[C@H]1C[C@@]2(C)CCCC=C2N(Cc2ccccc2)C1=O. The highest BCUT2D eigenvalue weighted by Gasteiger charge is 2.44. The smallest absolute Gasteiger partial charge is 0.229 e. The fraction of sp³-hybridized carbons (Fsp3) is 0.500. The van der Waals surface area contributed by atoms with Gasteiger partial charge in [-0.1, -0.05) is 50.3 Å². The van der Waals surface area contributed by atoms with Crippen molar-refractivity contribution in [1.29, 1.82) is 0 Å². The third-order valence-corrected chi connectivity index (χ3v) is 4.81. The normalized spacial score (nSPS) is 29.9. The van der Waals surface area contributed by atoms with Crippen molar-refractivity contribution in [3.05, 3.63) is 47.7 Å². The maximum absolute atomic E-state index is 12.6. The molecule has 2 aliphatic rings. The van der Waals surface area contributed by atoms with Crippen LogP contribution in [0.3, 0.4) is 0 Å². The zero-order valence-corrected chi connectivity index (χ0v) is 12.4. The van der Waals surface area contributed by atoms with E-state index in [2.05, 4.69) is 32.1 Å². The van der Waals surface area contributed by atoms with Crippen molar-refractivity contribution >= 4 is 5.91 Å². The first-order chi connectivity index (χ1) is 9.60. The minimum absolute atomic E-state index is 0.138. The molecular formula is C18H23NO. The second-order valence-corrected chi connectivity index (χ2v) is 6.56. The first kappa shape index (κ1) is 13.4. The number of hydrogen-bond acceptors (Lipinski definition) is 1. The summed E-state index contributed by atoms with van der Waals surface area (Å²) in [6.45, 7) is 5.13. The van der Waals surface area contributed by atoms with Gasteiger partial charge in [0.25, 0.3) is 0 Å². The Morgan fingerprint density at radius 2 is 2.05 bits per heavy atom. The molecule has 1 aromatic carbocycles. The van der Waals surface area contributed by atoms with E-state index in [-0.39, 0.29) is 11.3 Å². The Morgan fingerprint density at radius 3 is 2.80 bits per heavy atom. The Bertz CT molecular complexity index is 534. The first-order valence-electron chi connectivity index (χ1n) is 7.66. The van der Waals surface area contributed by atoms with E-state index in [1.165, 1.54) is 24.1 Å². The molecular weight excluding hydrogens is 246 g/mol. The van der Waals surface area contributed by atoms with Crippen molar-refractivity contribution in [2.24, 2.45) is 11.3 Å². The molecule has 0 spiro atoms. The molecule has 1 fully saturated rings. The average molecular weight is 269 g/mol. The molecule has 0 N–H and O–H groups in total. The number of piperidine rings is 1. The number of nitrogens with zero attached hydrogens (tertiary/aromatic N) is 1. The Labute approximate surface area is 121 Å². The molecule has 1 aliphatic heterocycles. The summed E-state index contributed by atoms with van der Waals surface area (Å²) in [6, 6.07) is 10.3. The van der Waals surface area contributed by atoms with Gasteiger partial charge < -0.3 is 4.90 Å². The maximum Gasteiger partial charge on any atom is 0.229 e. The fourth-order valence-corrected chi connectivity index (χ4v) is 3.83. The van der Waals surface area contributed by atoms with Crippen LogP contribution >= 0.6 is 0 Å². The summed E-state index contributed by atoms with van der Waals surface area (Å²) in [5, 5.41) is 0. The van der Waals surface area contributed by atoms with Crippen LogP contribution in [0, 0.1) is 11.3 Å². The van der Waals surface area contributed by atoms with Gasteiger partial charge in [-0.05, 0) is 31.2 Å². The zero-order chi connectivity index (χ0) is 14.2. The van der Waals surface area contributed by atoms with Crippen LogP contribution in [0.25, 0.3) is 0 Å². The lowest BCUT2D eigenvalue weighted by Crippen LogP contribution is -2.47. The minimum atomic E-state index is 0.138. The van der Waals surface area contributed by atoms with Gasteiger partial charge >= 0.3 is 0 Å². The quantitative estimate of drug-likeness (QED) is 0.790. The Balaban J connectivity index is 1.93. The summed E-state index contributed by atoms with van der Waals surface area (Å²) in [4.78, 5) is 14.7. The largest absolute Gasteiger partial charge is 0.311 e. The number of hydrogen-bond donors (Lipinski definition) is 0. The van der Waals surface area contributed by atoms with Gasteiger partial charge in [0.05, 0.1) is 6.54 Å². The van der Waals surface area contributed by atoms with Gasteiger partial charge in [-0.15, -0.1) is 0 Å². The van der Waals surface area contributed by atoms with E-state index < -0.39 is 0 Å². The van der Waals surface area contributed by atoms with Crippen LogP contribution in [0.5, 0.6) is 0 Å². The Morgan fingerprint density at radius 1 is 1.30 bits per heavy atom. The molecule has 0 bridgehead atoms. The van der Waals surface area contributed by atoms with E-state index >= 15 is 0 Å². The summed E-state index contributed by atoms with van der Waals surface area (Å²) in [5.41, 5.74) is 2.68. The Hall–Kier alpha value is -1.57. The van der Waals surface area contributed by atoms with E-state index in [9.17, 15) is 4.79 Å². The lowest BCUT2D eigenvalue weighted by atomic mass is 9.68. The summed E-state index contributed by atoms with van der Waals surface area (Å²) in [6.07, 6.45) is 6.87. The number of carbonyl (C=O) groups is 1. The zero-order valence-electron chi connectivity index (χ0n) is 12.4. The van der Waals surface area contributed by atoms with E-state index in [4.69, 9.17) is 0 Å². The van der Waals surface area contributed by atoms with Crippen LogP contribution in [-0.4, -0.2) is 10.8 Å². The third kappa shape index (κ3) is 2.28. The van der Waals surface area contributed by atoms with Gasteiger partial charge in [-0.2, -0.15) is 0 Å². The highest BCUT2D eigenvalue weighted by Crippen LogP contribution is 2.48. The maximum atomic E-state index is 12.6. The van der Waals surface area contributed by atoms with Crippen LogP contribution < -0.4 is 0 Å². The fourth-order valence-electron chi connectivity index (χ4n) is 3.83. The molecule has 20 heavy (non-hydrogen) atoms. The summed E-state index contributed by atoms with van der Waals surface area (Å²) in [7, 11) is 0. The Kier molecular flexibility index (Phi) is 3.41. The molecule has 2 heteroatoms. The van der Waals surface area contributed by atoms with Crippen LogP contribution in [-0.2, 0) is 11.3 Å². The molecule has 2 nitrogen and oxygen atoms in total. The van der Waals surface area contributed by atoms with E-state index in [0.29, 0.717) is 12.5 Å². The highest BCUT2D eigenvalue weighted by molar-refractivity contribution is 5.82. The van der Waals surface area contributed by atoms with Crippen molar-refractivity contribution in [3.8, 4) is 0 Å². The predicted octanol–water partition coefficient (Wildman–Crippen LogP) is 4.13. The van der Waals surface area contributed by atoms with Gasteiger partial charge in [-0.25, -0.2) is 0 Å². The second kappa shape index (κ2) is 5.08. The minimum Gasteiger partial charge on any atom is -0.311 e. The lowest BCUT2D eigenvalue weighted by Gasteiger charge is -2.47. The molecule has 0 saturated carbocycles. The van der Waals surface area contributed by atoms with Crippen molar-refractivity contribution in [3.63, 3.8) is 0 Å². The average Bonchev–Trinajstić information content (AvgIpc) is 2.44. The van der Waals surface area contributed by atoms with Gasteiger partial charge in [0.2, 0.25) is 5.91 Å². The monoisotopic (exact) mass is 269 g/mol. The summed E-state index contributed by atoms with van der Waals surface area (Å²) in [5.74, 6) is 0.429. The van der Waals surface area contributed by atoms with Crippen molar-refractivity contribution in [2.75, 3.05) is 0 Å². The van der Waals surface area contributed by atoms with Gasteiger partial charge in [0.15, 0.2) is 0 Å². The second-order valence-electron chi connectivity index (χ2n) is 6.56. The van der Waals surface area contributed by atoms with E-state index in [1.807, 2.05) is 23.1 Å². The standard InChI is InChI=1S/C18H23NO/c1-14-12-18(2)11-7-6-10-16(18)19(17(14)20)13-15-8-4-3-5-9-15/h3-5,8-10,14H,6-7,11-13H2,1-2H3/t14-,18+/m0/s1. The molecule has 1 aromatic rings. The molecule has 1 amide bonds. The van der Waals surface area contributed by atoms with Gasteiger partial charge in [-0.3, -0.25) is 4.79 Å². The summed E-state index contributed by atoms with van der Waals surface area (Å²) < 4.78 is 0. The number of benzene rings is 1. The number of carbonyl (C=O) groups excluding carboxylic acids is 1. The van der Waals surface area contributed by atoms with Crippen LogP contribution in [0.1, 0.15) is 45.1 Å². The van der Waals surface area contributed by atoms with Gasteiger partial charge in [0.1, 0.15) is 0 Å². The number of fused-ring (bicyclic) bond motifs is 1. The summed E-state index contributed by atoms with van der Waals surface area (Å²) >= 11 is 0. The predicted molar refractivity (Wildman–Crippen MR) is 80.8 cm³/mol. The molecule has 1 aliphatic carbocycles. The molecule has 106 valence electrons. The number of rotatable bonds is 2. The molecule has 0 unspecified atom stereocenters. The van der Waals surface area contributed by atoms with E-state index in [1.54, 1.807) is 0 Å². The molecule has 3 rings (SSSR count).